The molecular weight excluding hydrogens is 194 g/mol. The van der Waals surface area contributed by atoms with Crippen LogP contribution >= 0.6 is 11.3 Å². The maximum atomic E-state index is 8.97. The van der Waals surface area contributed by atoms with E-state index in [1.807, 2.05) is 5.38 Å². The van der Waals surface area contributed by atoms with E-state index in [4.69, 9.17) is 11.0 Å². The first kappa shape index (κ1) is 9.35. The van der Waals surface area contributed by atoms with E-state index in [9.17, 15) is 0 Å². The molecule has 0 amide bonds. The Kier molecular flexibility index (Phi) is 2.60. The van der Waals surface area contributed by atoms with Crippen LogP contribution in [0.3, 0.4) is 0 Å². The molecule has 3 nitrogen and oxygen atoms in total. The van der Waals surface area contributed by atoms with Gasteiger partial charge in [-0.2, -0.15) is 5.26 Å². The van der Waals surface area contributed by atoms with Gasteiger partial charge in [-0.3, -0.25) is 0 Å². The van der Waals surface area contributed by atoms with Gasteiger partial charge >= 0.3 is 0 Å². The monoisotopic (exact) mass is 207 g/mol. The number of nitrogen functional groups attached to an aromatic ring is 1. The molecular formula is C10H13N3S. The summed E-state index contributed by atoms with van der Waals surface area (Å²) in [5, 5.41) is 11.9. The van der Waals surface area contributed by atoms with Gasteiger partial charge in [0, 0.05) is 18.5 Å². The molecule has 2 rings (SSSR count). The van der Waals surface area contributed by atoms with Gasteiger partial charge in [0.2, 0.25) is 0 Å². The average molecular weight is 207 g/mol. The summed E-state index contributed by atoms with van der Waals surface area (Å²) in [6.45, 7) is 2.13. The Hall–Kier alpha value is -1.21. The molecule has 1 saturated heterocycles. The van der Waals surface area contributed by atoms with Gasteiger partial charge in [-0.25, -0.2) is 0 Å². The topological polar surface area (TPSA) is 53.1 Å². The zero-order valence-corrected chi connectivity index (χ0v) is 8.81. The summed E-state index contributed by atoms with van der Waals surface area (Å²) in [6.07, 6.45) is 3.75. The summed E-state index contributed by atoms with van der Waals surface area (Å²) >= 11 is 1.59. The van der Waals surface area contributed by atoms with Crippen molar-refractivity contribution in [3.8, 4) is 6.07 Å². The number of piperidine rings is 1. The molecule has 14 heavy (non-hydrogen) atoms. The van der Waals surface area contributed by atoms with Crippen molar-refractivity contribution in [3.63, 3.8) is 0 Å². The van der Waals surface area contributed by atoms with Crippen molar-refractivity contribution in [2.24, 2.45) is 0 Å². The van der Waals surface area contributed by atoms with E-state index in [-0.39, 0.29) is 0 Å². The van der Waals surface area contributed by atoms with Crippen LogP contribution in [0.2, 0.25) is 0 Å². The smallest absolute Gasteiger partial charge is 0.111 e. The Balaban J connectivity index is 2.26. The number of rotatable bonds is 1. The Bertz CT molecular complexity index is 358. The van der Waals surface area contributed by atoms with Gasteiger partial charge in [0.25, 0.3) is 0 Å². The van der Waals surface area contributed by atoms with Crippen molar-refractivity contribution in [1.29, 1.82) is 5.26 Å². The number of nitrogens with zero attached hydrogens (tertiary/aromatic N) is 2. The second-order valence-electron chi connectivity index (χ2n) is 3.53. The number of nitrogens with two attached hydrogens (primary N) is 1. The number of nitriles is 1. The molecule has 2 N–H and O–H groups in total. The maximum Gasteiger partial charge on any atom is 0.111 e. The van der Waals surface area contributed by atoms with Gasteiger partial charge in [-0.1, -0.05) is 0 Å². The van der Waals surface area contributed by atoms with Crippen molar-refractivity contribution in [1.82, 2.24) is 0 Å². The highest BCUT2D eigenvalue weighted by molar-refractivity contribution is 7.15. The second kappa shape index (κ2) is 3.89. The molecule has 0 spiro atoms. The molecule has 0 aliphatic carbocycles. The zero-order valence-electron chi connectivity index (χ0n) is 7.99. The summed E-state index contributed by atoms with van der Waals surface area (Å²) in [6, 6.07) is 2.18. The van der Waals surface area contributed by atoms with Crippen LogP contribution in [0.1, 0.15) is 24.8 Å². The largest absolute Gasteiger partial charge is 0.397 e. The minimum Gasteiger partial charge on any atom is -0.397 e. The summed E-state index contributed by atoms with van der Waals surface area (Å²) in [7, 11) is 0. The van der Waals surface area contributed by atoms with Crippen LogP contribution in [0.4, 0.5) is 10.7 Å². The first-order chi connectivity index (χ1) is 6.83. The molecule has 1 aromatic rings. The molecule has 74 valence electrons. The van der Waals surface area contributed by atoms with Crippen LogP contribution in [0, 0.1) is 11.3 Å². The fourth-order valence-electron chi connectivity index (χ4n) is 1.80. The zero-order chi connectivity index (χ0) is 9.97. The quantitative estimate of drug-likeness (QED) is 0.768. The number of hydrogen-bond donors (Lipinski definition) is 1. The van der Waals surface area contributed by atoms with Crippen LogP contribution in [0.5, 0.6) is 0 Å². The van der Waals surface area contributed by atoms with Crippen molar-refractivity contribution in [2.45, 2.75) is 19.3 Å². The molecule has 0 radical (unpaired) electrons. The SMILES string of the molecule is N#Cc1c(N)csc1N1CCCCC1. The highest BCUT2D eigenvalue weighted by atomic mass is 32.1. The van der Waals surface area contributed by atoms with E-state index in [1.165, 1.54) is 19.3 Å². The van der Waals surface area contributed by atoms with E-state index < -0.39 is 0 Å². The Morgan fingerprint density at radius 3 is 2.71 bits per heavy atom. The molecule has 1 fully saturated rings. The predicted octanol–water partition coefficient (Wildman–Crippen LogP) is 2.19. The number of anilines is 2. The third-order valence-corrected chi connectivity index (χ3v) is 3.61. The van der Waals surface area contributed by atoms with E-state index in [1.54, 1.807) is 11.3 Å². The lowest BCUT2D eigenvalue weighted by Gasteiger charge is -2.27. The third-order valence-electron chi connectivity index (χ3n) is 2.56. The Labute approximate surface area is 87.7 Å². The van der Waals surface area contributed by atoms with Crippen LogP contribution in [-0.4, -0.2) is 13.1 Å². The lowest BCUT2D eigenvalue weighted by Crippen LogP contribution is -2.29. The van der Waals surface area contributed by atoms with E-state index >= 15 is 0 Å². The van der Waals surface area contributed by atoms with Crippen molar-refractivity contribution < 1.29 is 0 Å². The van der Waals surface area contributed by atoms with Gasteiger partial charge in [0.05, 0.1) is 5.69 Å². The minimum absolute atomic E-state index is 0.623. The lowest BCUT2D eigenvalue weighted by molar-refractivity contribution is 0.580. The minimum atomic E-state index is 0.623. The molecule has 4 heteroatoms. The van der Waals surface area contributed by atoms with Crippen molar-refractivity contribution in [2.75, 3.05) is 23.7 Å². The van der Waals surface area contributed by atoms with Crippen LogP contribution in [0.15, 0.2) is 5.38 Å². The molecule has 1 aromatic heterocycles. The summed E-state index contributed by atoms with van der Waals surface area (Å²) in [4.78, 5) is 2.28. The van der Waals surface area contributed by atoms with Gasteiger partial charge in [-0.15, -0.1) is 11.3 Å². The van der Waals surface area contributed by atoms with Crippen molar-refractivity contribution >= 4 is 22.0 Å². The highest BCUT2D eigenvalue weighted by Gasteiger charge is 2.17. The van der Waals surface area contributed by atoms with Crippen LogP contribution in [-0.2, 0) is 0 Å². The second-order valence-corrected chi connectivity index (χ2v) is 4.39. The predicted molar refractivity (Wildman–Crippen MR) is 59.5 cm³/mol. The van der Waals surface area contributed by atoms with Gasteiger partial charge in [0.15, 0.2) is 0 Å². The number of thiophene rings is 1. The Morgan fingerprint density at radius 2 is 2.07 bits per heavy atom. The van der Waals surface area contributed by atoms with Gasteiger partial charge in [0.1, 0.15) is 16.6 Å². The first-order valence-electron chi connectivity index (χ1n) is 4.85. The number of hydrogen-bond acceptors (Lipinski definition) is 4. The highest BCUT2D eigenvalue weighted by Crippen LogP contribution is 2.34. The first-order valence-corrected chi connectivity index (χ1v) is 5.73. The molecule has 0 atom stereocenters. The van der Waals surface area contributed by atoms with Gasteiger partial charge in [-0.05, 0) is 19.3 Å². The standard InChI is InChI=1S/C10H13N3S/c11-6-8-9(12)7-14-10(8)13-4-2-1-3-5-13/h7H,1-5,12H2. The van der Waals surface area contributed by atoms with Crippen LogP contribution < -0.4 is 10.6 Å². The molecule has 0 saturated carbocycles. The summed E-state index contributed by atoms with van der Waals surface area (Å²) in [5.74, 6) is 0. The lowest BCUT2D eigenvalue weighted by atomic mass is 10.1. The normalized spacial score (nSPS) is 16.6. The summed E-state index contributed by atoms with van der Waals surface area (Å²) < 4.78 is 0. The van der Waals surface area contributed by atoms with Crippen LogP contribution in [0.25, 0.3) is 0 Å². The maximum absolute atomic E-state index is 8.97. The van der Waals surface area contributed by atoms with E-state index in [0.717, 1.165) is 18.1 Å². The van der Waals surface area contributed by atoms with Crippen molar-refractivity contribution in [3.05, 3.63) is 10.9 Å². The molecule has 1 aliphatic heterocycles. The molecule has 1 aliphatic rings. The fourth-order valence-corrected chi connectivity index (χ4v) is 2.77. The molecule has 0 aromatic carbocycles. The molecule has 2 heterocycles. The Morgan fingerprint density at radius 1 is 1.36 bits per heavy atom. The third kappa shape index (κ3) is 1.55. The fraction of sp³-hybridized carbons (Fsp3) is 0.500. The molecule has 0 unspecified atom stereocenters. The van der Waals surface area contributed by atoms with E-state index in [0.29, 0.717) is 11.3 Å². The molecule has 0 bridgehead atoms. The average Bonchev–Trinajstić information content (AvgIpc) is 2.61. The summed E-state index contributed by atoms with van der Waals surface area (Å²) in [5.41, 5.74) is 7.01. The van der Waals surface area contributed by atoms with E-state index in [2.05, 4.69) is 11.0 Å². The van der Waals surface area contributed by atoms with Gasteiger partial charge < -0.3 is 10.6 Å².